The highest BCUT2D eigenvalue weighted by atomic mass is 79.9. The Morgan fingerprint density at radius 3 is 2.47 bits per heavy atom. The summed E-state index contributed by atoms with van der Waals surface area (Å²) in [6.07, 6.45) is 0. The summed E-state index contributed by atoms with van der Waals surface area (Å²) in [7, 11) is -3.38. The molecule has 86 valence electrons. The number of halogens is 2. The van der Waals surface area contributed by atoms with E-state index in [1.165, 1.54) is 11.3 Å². The second-order valence-corrected chi connectivity index (χ2v) is 8.92. The summed E-state index contributed by atoms with van der Waals surface area (Å²) >= 11 is 7.83. The Hall–Kier alpha value is 0.570. The molecule has 0 aliphatic heterocycles. The van der Waals surface area contributed by atoms with E-state index in [1.54, 1.807) is 6.07 Å². The van der Waals surface area contributed by atoms with Gasteiger partial charge in [-0.1, -0.05) is 13.8 Å². The monoisotopic (exact) mass is 375 g/mol. The highest BCUT2D eigenvalue weighted by Gasteiger charge is 2.20. The zero-order valence-corrected chi connectivity index (χ0v) is 13.1. The molecule has 1 rings (SSSR count). The van der Waals surface area contributed by atoms with E-state index in [2.05, 4.69) is 36.6 Å². The Balaban J connectivity index is 2.91. The third-order valence-corrected chi connectivity index (χ3v) is 5.78. The lowest BCUT2D eigenvalue weighted by Gasteiger charge is -2.07. The van der Waals surface area contributed by atoms with Crippen molar-refractivity contribution in [1.29, 1.82) is 0 Å². The summed E-state index contributed by atoms with van der Waals surface area (Å²) in [5.41, 5.74) is 0. The van der Waals surface area contributed by atoms with Crippen LogP contribution in [0.25, 0.3) is 0 Å². The lowest BCUT2D eigenvalue weighted by atomic mass is 10.2. The minimum Gasteiger partial charge on any atom is -0.211 e. The predicted molar refractivity (Wildman–Crippen MR) is 69.7 cm³/mol. The van der Waals surface area contributed by atoms with Crippen molar-refractivity contribution in [1.82, 2.24) is 4.72 Å². The fraction of sp³-hybridized carbons (Fsp3) is 0.500. The van der Waals surface area contributed by atoms with Crippen LogP contribution >= 0.6 is 43.2 Å². The van der Waals surface area contributed by atoms with E-state index in [0.717, 1.165) is 3.79 Å². The maximum absolute atomic E-state index is 11.8. The van der Waals surface area contributed by atoms with Gasteiger partial charge in [0.2, 0.25) is 10.0 Å². The van der Waals surface area contributed by atoms with E-state index < -0.39 is 10.0 Å². The minimum atomic E-state index is -3.38. The van der Waals surface area contributed by atoms with Crippen LogP contribution in [0.2, 0.25) is 0 Å². The molecule has 0 bridgehead atoms. The van der Waals surface area contributed by atoms with Crippen LogP contribution in [-0.2, 0) is 10.0 Å². The Bertz CT molecular complexity index is 439. The number of thiophene rings is 1. The zero-order valence-electron chi connectivity index (χ0n) is 8.25. The summed E-state index contributed by atoms with van der Waals surface area (Å²) in [4.78, 5) is 0.292. The Kier molecular flexibility index (Phi) is 4.79. The van der Waals surface area contributed by atoms with E-state index >= 15 is 0 Å². The van der Waals surface area contributed by atoms with Crippen molar-refractivity contribution >= 4 is 53.2 Å². The molecule has 0 atom stereocenters. The molecule has 0 aromatic carbocycles. The SMILES string of the molecule is CC(C)CNS(=O)(=O)c1cc(Br)sc1Br. The van der Waals surface area contributed by atoms with Gasteiger partial charge in [-0.25, -0.2) is 13.1 Å². The van der Waals surface area contributed by atoms with Crippen LogP contribution in [0.5, 0.6) is 0 Å². The minimum absolute atomic E-state index is 0.292. The highest BCUT2D eigenvalue weighted by molar-refractivity contribution is 9.12. The van der Waals surface area contributed by atoms with Crippen molar-refractivity contribution in [2.24, 2.45) is 5.92 Å². The molecule has 1 aromatic heterocycles. The lowest BCUT2D eigenvalue weighted by Crippen LogP contribution is -2.27. The largest absolute Gasteiger partial charge is 0.242 e. The molecule has 0 radical (unpaired) electrons. The van der Waals surface area contributed by atoms with Crippen molar-refractivity contribution in [3.8, 4) is 0 Å². The fourth-order valence-electron chi connectivity index (χ4n) is 0.863. The van der Waals surface area contributed by atoms with Gasteiger partial charge in [-0.05, 0) is 43.8 Å². The average Bonchev–Trinajstić information content (AvgIpc) is 2.43. The molecule has 0 amide bonds. The summed E-state index contributed by atoms with van der Waals surface area (Å²) in [6.45, 7) is 4.37. The normalized spacial score (nSPS) is 12.3. The fourth-order valence-corrected chi connectivity index (χ4v) is 5.89. The average molecular weight is 377 g/mol. The molecule has 15 heavy (non-hydrogen) atoms. The van der Waals surface area contributed by atoms with Crippen molar-refractivity contribution in [2.75, 3.05) is 6.54 Å². The van der Waals surface area contributed by atoms with Gasteiger partial charge < -0.3 is 0 Å². The number of nitrogens with one attached hydrogen (secondary N) is 1. The second kappa shape index (κ2) is 5.27. The molecule has 0 aliphatic rings. The molecule has 0 saturated heterocycles. The Labute approximate surface area is 111 Å². The van der Waals surface area contributed by atoms with E-state index in [9.17, 15) is 8.42 Å². The molecule has 0 spiro atoms. The first-order valence-electron chi connectivity index (χ1n) is 4.27. The van der Waals surface area contributed by atoms with Gasteiger partial charge in [0, 0.05) is 6.54 Å². The smallest absolute Gasteiger partial charge is 0.211 e. The van der Waals surface area contributed by atoms with Crippen molar-refractivity contribution in [3.63, 3.8) is 0 Å². The van der Waals surface area contributed by atoms with Gasteiger partial charge in [-0.2, -0.15) is 0 Å². The molecule has 1 heterocycles. The molecule has 0 aliphatic carbocycles. The molecule has 1 N–H and O–H groups in total. The molecular weight excluding hydrogens is 366 g/mol. The number of rotatable bonds is 4. The van der Waals surface area contributed by atoms with Crippen LogP contribution < -0.4 is 4.72 Å². The number of sulfonamides is 1. The second-order valence-electron chi connectivity index (χ2n) is 3.43. The molecular formula is C8H11Br2NO2S2. The molecule has 1 aromatic rings. The van der Waals surface area contributed by atoms with E-state index in [-0.39, 0.29) is 0 Å². The van der Waals surface area contributed by atoms with Gasteiger partial charge in [-0.15, -0.1) is 11.3 Å². The third kappa shape index (κ3) is 3.81. The molecule has 7 heteroatoms. The van der Waals surface area contributed by atoms with Crippen molar-refractivity contribution < 1.29 is 8.42 Å². The predicted octanol–water partition coefficient (Wildman–Crippen LogP) is 3.21. The maximum Gasteiger partial charge on any atom is 0.242 e. The van der Waals surface area contributed by atoms with Gasteiger partial charge in [0.05, 0.1) is 7.57 Å². The van der Waals surface area contributed by atoms with Gasteiger partial charge in [-0.3, -0.25) is 0 Å². The summed E-state index contributed by atoms with van der Waals surface area (Å²) < 4.78 is 27.6. The van der Waals surface area contributed by atoms with E-state index in [1.807, 2.05) is 13.8 Å². The summed E-state index contributed by atoms with van der Waals surface area (Å²) in [6, 6.07) is 1.59. The van der Waals surface area contributed by atoms with Crippen molar-refractivity contribution in [2.45, 2.75) is 18.7 Å². The first-order valence-corrected chi connectivity index (χ1v) is 8.16. The molecule has 0 saturated carbocycles. The third-order valence-electron chi connectivity index (χ3n) is 1.60. The quantitative estimate of drug-likeness (QED) is 0.876. The number of hydrogen-bond acceptors (Lipinski definition) is 3. The first kappa shape index (κ1) is 13.6. The zero-order chi connectivity index (χ0) is 11.6. The highest BCUT2D eigenvalue weighted by Crippen LogP contribution is 2.34. The Morgan fingerprint density at radius 1 is 1.47 bits per heavy atom. The number of hydrogen-bond donors (Lipinski definition) is 1. The summed E-state index contributed by atoms with van der Waals surface area (Å²) in [5.74, 6) is 0.292. The van der Waals surface area contributed by atoms with E-state index in [4.69, 9.17) is 0 Å². The topological polar surface area (TPSA) is 46.2 Å². The van der Waals surface area contributed by atoms with Gasteiger partial charge in [0.25, 0.3) is 0 Å². The standard InChI is InChI=1S/C8H11Br2NO2S2/c1-5(2)4-11-15(12,13)6-3-7(9)14-8(6)10/h3,5,11H,4H2,1-2H3. The summed E-state index contributed by atoms with van der Waals surface area (Å²) in [5, 5.41) is 0. The van der Waals surface area contributed by atoms with Crippen LogP contribution in [0.3, 0.4) is 0 Å². The van der Waals surface area contributed by atoms with Crippen LogP contribution in [0.1, 0.15) is 13.8 Å². The van der Waals surface area contributed by atoms with Crippen LogP contribution in [0.15, 0.2) is 18.5 Å². The van der Waals surface area contributed by atoms with Crippen LogP contribution in [0.4, 0.5) is 0 Å². The van der Waals surface area contributed by atoms with Crippen molar-refractivity contribution in [3.05, 3.63) is 13.6 Å². The van der Waals surface area contributed by atoms with Gasteiger partial charge >= 0.3 is 0 Å². The Morgan fingerprint density at radius 2 is 2.07 bits per heavy atom. The first-order chi connectivity index (χ1) is 6.83. The molecule has 0 fully saturated rings. The van der Waals surface area contributed by atoms with Gasteiger partial charge in [0.1, 0.15) is 4.90 Å². The molecule has 0 unspecified atom stereocenters. The van der Waals surface area contributed by atoms with Crippen LogP contribution in [0, 0.1) is 5.92 Å². The lowest BCUT2D eigenvalue weighted by molar-refractivity contribution is 0.560. The van der Waals surface area contributed by atoms with Crippen LogP contribution in [-0.4, -0.2) is 15.0 Å². The molecule has 3 nitrogen and oxygen atoms in total. The van der Waals surface area contributed by atoms with Gasteiger partial charge in [0.15, 0.2) is 0 Å². The maximum atomic E-state index is 11.8. The van der Waals surface area contributed by atoms with E-state index in [0.29, 0.717) is 21.1 Å².